The van der Waals surface area contributed by atoms with Gasteiger partial charge in [-0.3, -0.25) is 0 Å². The molecule has 1 aromatic carbocycles. The van der Waals surface area contributed by atoms with Gasteiger partial charge in [0, 0.05) is 12.0 Å². The molecule has 0 amide bonds. The van der Waals surface area contributed by atoms with E-state index in [0.29, 0.717) is 5.76 Å². The summed E-state index contributed by atoms with van der Waals surface area (Å²) in [5, 5.41) is 11.1. The third-order valence-electron chi connectivity index (χ3n) is 6.00. The van der Waals surface area contributed by atoms with Crippen LogP contribution in [0.2, 0.25) is 0 Å². The largest absolute Gasteiger partial charge is 0.496 e. The van der Waals surface area contributed by atoms with Gasteiger partial charge in [0.25, 0.3) is 0 Å². The van der Waals surface area contributed by atoms with Crippen LogP contribution in [-0.4, -0.2) is 36.8 Å². The van der Waals surface area contributed by atoms with Crippen molar-refractivity contribution in [1.29, 1.82) is 0 Å². The zero-order chi connectivity index (χ0) is 17.6. The number of hydrogen-bond donors (Lipinski definition) is 1. The van der Waals surface area contributed by atoms with Gasteiger partial charge >= 0.3 is 0 Å². The minimum atomic E-state index is -0.540. The Bertz CT molecular complexity index is 777. The van der Waals surface area contributed by atoms with Crippen molar-refractivity contribution in [3.8, 4) is 17.1 Å². The molecule has 3 heterocycles. The molecule has 2 aliphatic heterocycles. The summed E-state index contributed by atoms with van der Waals surface area (Å²) in [6.07, 6.45) is 2.75. The highest BCUT2D eigenvalue weighted by Gasteiger charge is 2.47. The Morgan fingerprint density at radius 2 is 2.04 bits per heavy atom. The Kier molecular flexibility index (Phi) is 4.13. The zero-order valence-corrected chi connectivity index (χ0v) is 15.3. The lowest BCUT2D eigenvalue weighted by Gasteiger charge is -2.37. The monoisotopic (exact) mass is 341 g/mol. The lowest BCUT2D eigenvalue weighted by atomic mass is 9.75. The fourth-order valence-corrected chi connectivity index (χ4v) is 4.59. The number of furan rings is 1. The molecular weight excluding hydrogens is 314 g/mol. The first-order chi connectivity index (χ1) is 12.0. The van der Waals surface area contributed by atoms with Crippen molar-refractivity contribution < 1.29 is 14.3 Å². The molecule has 0 spiro atoms. The fraction of sp³-hybridized carbons (Fsp3) is 0.524. The van der Waals surface area contributed by atoms with Crippen LogP contribution in [0.25, 0.3) is 11.3 Å². The summed E-state index contributed by atoms with van der Waals surface area (Å²) in [5.41, 5.74) is 3.09. The first-order valence-corrected chi connectivity index (χ1v) is 9.18. The summed E-state index contributed by atoms with van der Waals surface area (Å²) in [7, 11) is 1.68. The molecule has 0 saturated carbocycles. The molecule has 1 N–H and O–H groups in total. The van der Waals surface area contributed by atoms with Crippen molar-refractivity contribution in [2.75, 3.05) is 26.7 Å². The second-order valence-electron chi connectivity index (χ2n) is 7.76. The highest BCUT2D eigenvalue weighted by Crippen LogP contribution is 2.49. The van der Waals surface area contributed by atoms with Gasteiger partial charge in [0.15, 0.2) is 0 Å². The molecule has 3 unspecified atom stereocenters. The summed E-state index contributed by atoms with van der Waals surface area (Å²) in [6, 6.07) is 8.12. The van der Waals surface area contributed by atoms with Crippen molar-refractivity contribution in [2.45, 2.75) is 39.2 Å². The van der Waals surface area contributed by atoms with Gasteiger partial charge in [-0.05, 0) is 75.5 Å². The summed E-state index contributed by atoms with van der Waals surface area (Å²) in [6.45, 7) is 7.32. The molecule has 134 valence electrons. The predicted molar refractivity (Wildman–Crippen MR) is 97.9 cm³/mol. The van der Waals surface area contributed by atoms with Gasteiger partial charge in [0.05, 0.1) is 12.7 Å². The molecule has 0 radical (unpaired) electrons. The van der Waals surface area contributed by atoms with Crippen molar-refractivity contribution in [1.82, 2.24) is 4.90 Å². The van der Waals surface area contributed by atoms with Gasteiger partial charge in [-0.2, -0.15) is 0 Å². The number of fused-ring (bicyclic) bond motifs is 2. The number of nitrogens with zero attached hydrogens (tertiary/aromatic N) is 1. The van der Waals surface area contributed by atoms with E-state index in [1.807, 2.05) is 32.0 Å². The maximum atomic E-state index is 11.1. The maximum Gasteiger partial charge on any atom is 0.141 e. The van der Waals surface area contributed by atoms with Crippen LogP contribution < -0.4 is 4.74 Å². The maximum absolute atomic E-state index is 11.1. The number of aliphatic hydroxyl groups is 1. The van der Waals surface area contributed by atoms with Crippen molar-refractivity contribution in [3.05, 3.63) is 41.2 Å². The average Bonchev–Trinajstić information content (AvgIpc) is 3.14. The van der Waals surface area contributed by atoms with Crippen molar-refractivity contribution in [3.63, 3.8) is 0 Å². The van der Waals surface area contributed by atoms with Gasteiger partial charge in [0.1, 0.15) is 23.4 Å². The van der Waals surface area contributed by atoms with Gasteiger partial charge in [0.2, 0.25) is 0 Å². The average molecular weight is 341 g/mol. The summed E-state index contributed by atoms with van der Waals surface area (Å²) >= 11 is 0. The third kappa shape index (κ3) is 2.77. The number of ether oxygens (including phenoxy) is 1. The van der Waals surface area contributed by atoms with Crippen LogP contribution in [0, 0.1) is 19.3 Å². The van der Waals surface area contributed by atoms with E-state index in [9.17, 15) is 5.11 Å². The second-order valence-corrected chi connectivity index (χ2v) is 7.76. The number of benzene rings is 1. The molecule has 4 nitrogen and oxygen atoms in total. The smallest absolute Gasteiger partial charge is 0.141 e. The second kappa shape index (κ2) is 6.19. The molecule has 2 aliphatic rings. The zero-order valence-electron chi connectivity index (χ0n) is 15.3. The van der Waals surface area contributed by atoms with E-state index in [4.69, 9.17) is 9.15 Å². The number of methoxy groups -OCH3 is 1. The minimum Gasteiger partial charge on any atom is -0.496 e. The minimum absolute atomic E-state index is 0.0445. The number of aryl methyl sites for hydroxylation is 2. The van der Waals surface area contributed by atoms with Crippen molar-refractivity contribution in [2.24, 2.45) is 5.41 Å². The van der Waals surface area contributed by atoms with Crippen LogP contribution in [0.15, 0.2) is 28.7 Å². The van der Waals surface area contributed by atoms with Gasteiger partial charge in [-0.25, -0.2) is 0 Å². The lowest BCUT2D eigenvalue weighted by molar-refractivity contribution is -0.00639. The number of rotatable bonds is 4. The van der Waals surface area contributed by atoms with Crippen molar-refractivity contribution >= 4 is 0 Å². The molecule has 3 atom stereocenters. The van der Waals surface area contributed by atoms with Crippen LogP contribution in [-0.2, 0) is 0 Å². The lowest BCUT2D eigenvalue weighted by Crippen LogP contribution is -2.37. The molecule has 2 aromatic rings. The Hall–Kier alpha value is -1.78. The highest BCUT2D eigenvalue weighted by atomic mass is 16.5. The molecule has 0 aliphatic carbocycles. The molecule has 4 rings (SSSR count). The van der Waals surface area contributed by atoms with E-state index in [-0.39, 0.29) is 5.41 Å². The van der Waals surface area contributed by atoms with Gasteiger partial charge < -0.3 is 19.2 Å². The number of piperidine rings is 1. The predicted octanol–water partition coefficient (Wildman–Crippen LogP) is 4.09. The van der Waals surface area contributed by atoms with Crippen LogP contribution >= 0.6 is 0 Å². The summed E-state index contributed by atoms with van der Waals surface area (Å²) in [5.74, 6) is 2.30. The summed E-state index contributed by atoms with van der Waals surface area (Å²) < 4.78 is 11.7. The van der Waals surface area contributed by atoms with Crippen LogP contribution in [0.5, 0.6) is 5.75 Å². The van der Waals surface area contributed by atoms with Gasteiger partial charge in [-0.1, -0.05) is 6.07 Å². The molecule has 2 bridgehead atoms. The first kappa shape index (κ1) is 16.7. The summed E-state index contributed by atoms with van der Waals surface area (Å²) in [4.78, 5) is 2.46. The first-order valence-electron chi connectivity index (χ1n) is 9.18. The quantitative estimate of drug-likeness (QED) is 0.910. The highest BCUT2D eigenvalue weighted by molar-refractivity contribution is 5.69. The molecular formula is C21H27NO3. The fourth-order valence-electron chi connectivity index (χ4n) is 4.59. The van der Waals surface area contributed by atoms with Crippen LogP contribution in [0.1, 0.15) is 42.3 Å². The SMILES string of the molecule is COc1cc(C)ccc1-c1oc(C(O)C23CCCN(CC2)C3)cc1C. The molecule has 25 heavy (non-hydrogen) atoms. The van der Waals surface area contributed by atoms with Gasteiger partial charge in [-0.15, -0.1) is 0 Å². The van der Waals surface area contributed by atoms with E-state index in [0.717, 1.165) is 67.1 Å². The van der Waals surface area contributed by atoms with Crippen LogP contribution in [0.3, 0.4) is 0 Å². The Morgan fingerprint density at radius 1 is 1.20 bits per heavy atom. The van der Waals surface area contributed by atoms with E-state index >= 15 is 0 Å². The standard InChI is InChI=1S/C21H27NO3/c1-14-5-6-16(17(11-14)24-3)19-15(2)12-18(25-19)20(23)21-7-4-9-22(13-21)10-8-21/h5-6,11-12,20,23H,4,7-10,13H2,1-3H3. The molecule has 2 saturated heterocycles. The number of aliphatic hydroxyl groups excluding tert-OH is 1. The van der Waals surface area contributed by atoms with E-state index in [1.165, 1.54) is 0 Å². The topological polar surface area (TPSA) is 45.8 Å². The Balaban J connectivity index is 1.69. The number of hydrogen-bond acceptors (Lipinski definition) is 4. The Labute approximate surface area is 149 Å². The van der Waals surface area contributed by atoms with E-state index < -0.39 is 6.10 Å². The van der Waals surface area contributed by atoms with E-state index in [2.05, 4.69) is 11.0 Å². The normalized spacial score (nSPS) is 26.6. The van der Waals surface area contributed by atoms with Crippen LogP contribution in [0.4, 0.5) is 0 Å². The Morgan fingerprint density at radius 3 is 2.84 bits per heavy atom. The molecule has 1 aromatic heterocycles. The van der Waals surface area contributed by atoms with E-state index in [1.54, 1.807) is 7.11 Å². The third-order valence-corrected chi connectivity index (χ3v) is 6.00. The molecule has 4 heteroatoms. The molecule has 2 fully saturated rings.